The second kappa shape index (κ2) is 16.5. The van der Waals surface area contributed by atoms with E-state index < -0.39 is 23.6 Å². The van der Waals surface area contributed by atoms with Gasteiger partial charge in [-0.25, -0.2) is 9.80 Å². The zero-order valence-electron chi connectivity index (χ0n) is 32.6. The van der Waals surface area contributed by atoms with Crippen molar-refractivity contribution in [2.75, 3.05) is 9.80 Å². The van der Waals surface area contributed by atoms with Crippen molar-refractivity contribution >= 4 is 58.7 Å². The maximum atomic E-state index is 13.6. The van der Waals surface area contributed by atoms with Crippen molar-refractivity contribution in [3.05, 3.63) is 227 Å². The molecule has 0 aliphatic carbocycles. The van der Waals surface area contributed by atoms with Gasteiger partial charge in [-0.2, -0.15) is 0 Å². The summed E-state index contributed by atoms with van der Waals surface area (Å²) in [7, 11) is 0. The monoisotopic (exact) mass is 812 g/mol. The standard InChI is InChI=1S/C52H32N2O8/c55-47(35-8-3-1-4-9-35)28-18-33-14-20-37(21-15-33)53-49(57)43-26-24-41(31-45(43)51(53)59)61-39-12-7-13-40(30-39)62-42-25-27-44-46(32-42)52(60)54(50(44)58)38-22-16-34(17-23-38)19-29-48(56)36-10-5-2-6-11-36/h1-32H/b28-18+,29-19+. The van der Waals surface area contributed by atoms with Crippen LogP contribution in [0.25, 0.3) is 12.2 Å². The molecular weight excluding hydrogens is 781 g/mol. The number of allylic oxidation sites excluding steroid dienone is 2. The van der Waals surface area contributed by atoms with Crippen LogP contribution in [0.2, 0.25) is 0 Å². The van der Waals surface area contributed by atoms with Gasteiger partial charge in [-0.1, -0.05) is 103 Å². The van der Waals surface area contributed by atoms with E-state index in [2.05, 4.69) is 0 Å². The van der Waals surface area contributed by atoms with Gasteiger partial charge in [0.15, 0.2) is 11.6 Å². The molecule has 2 heterocycles. The second-order valence-electron chi connectivity index (χ2n) is 14.3. The Kier molecular flexibility index (Phi) is 10.3. The number of amides is 4. The highest BCUT2D eigenvalue weighted by atomic mass is 16.5. The topological polar surface area (TPSA) is 127 Å². The van der Waals surface area contributed by atoms with E-state index in [9.17, 15) is 28.8 Å². The van der Waals surface area contributed by atoms with Gasteiger partial charge in [0.25, 0.3) is 23.6 Å². The quantitative estimate of drug-likeness (QED) is 0.0678. The fraction of sp³-hybridized carbons (Fsp3) is 0. The lowest BCUT2D eigenvalue weighted by Crippen LogP contribution is -2.29. The Labute approximate surface area is 355 Å². The third kappa shape index (κ3) is 7.74. The normalized spacial score (nSPS) is 13.2. The largest absolute Gasteiger partial charge is 0.457 e. The molecule has 298 valence electrons. The van der Waals surface area contributed by atoms with E-state index in [0.717, 1.165) is 20.9 Å². The fourth-order valence-electron chi connectivity index (χ4n) is 7.12. The van der Waals surface area contributed by atoms with E-state index in [-0.39, 0.29) is 33.8 Å². The Bertz CT molecular complexity index is 2810. The van der Waals surface area contributed by atoms with Crippen LogP contribution in [0.5, 0.6) is 23.0 Å². The summed E-state index contributed by atoms with van der Waals surface area (Å²) in [6, 6.07) is 47.4. The van der Waals surface area contributed by atoms with Gasteiger partial charge in [-0.15, -0.1) is 0 Å². The Hall–Kier alpha value is -8.76. The van der Waals surface area contributed by atoms with Crippen LogP contribution in [0, 0.1) is 0 Å². The molecule has 0 bridgehead atoms. The van der Waals surface area contributed by atoms with Crippen molar-refractivity contribution in [1.82, 2.24) is 0 Å². The van der Waals surface area contributed by atoms with E-state index in [1.54, 1.807) is 158 Å². The van der Waals surface area contributed by atoms with Crippen molar-refractivity contribution in [3.63, 3.8) is 0 Å². The van der Waals surface area contributed by atoms with Crippen molar-refractivity contribution < 1.29 is 38.2 Å². The minimum absolute atomic E-state index is 0.139. The van der Waals surface area contributed by atoms with E-state index >= 15 is 0 Å². The SMILES string of the molecule is O=C(/C=C/c1ccc(N2C(=O)c3ccc(Oc4cccc(Oc5ccc6c(c5)C(=O)N(c5ccc(/C=C/C(=O)c7ccccc7)cc5)C6=O)c4)cc3C2=O)cc1)c1ccccc1. The minimum atomic E-state index is -0.500. The number of hydrogen-bond donors (Lipinski definition) is 0. The van der Waals surface area contributed by atoms with Crippen LogP contribution < -0.4 is 19.3 Å². The van der Waals surface area contributed by atoms with Crippen LogP contribution in [0.4, 0.5) is 11.4 Å². The highest BCUT2D eigenvalue weighted by Crippen LogP contribution is 2.36. The maximum absolute atomic E-state index is 13.6. The lowest BCUT2D eigenvalue weighted by Gasteiger charge is -2.14. The average molecular weight is 813 g/mol. The summed E-state index contributed by atoms with van der Waals surface area (Å²) < 4.78 is 12.2. The first-order chi connectivity index (χ1) is 30.2. The number of nitrogens with zero attached hydrogens (tertiary/aromatic N) is 2. The van der Waals surface area contributed by atoms with Crippen LogP contribution in [-0.4, -0.2) is 35.2 Å². The summed E-state index contributed by atoms with van der Waals surface area (Å²) in [5.41, 5.74) is 4.22. The van der Waals surface area contributed by atoms with Gasteiger partial charge < -0.3 is 9.47 Å². The number of carbonyl (C=O) groups excluding carboxylic acids is 6. The minimum Gasteiger partial charge on any atom is -0.457 e. The lowest BCUT2D eigenvalue weighted by molar-refractivity contribution is 0.0910. The fourth-order valence-corrected chi connectivity index (χ4v) is 7.12. The molecule has 0 N–H and O–H groups in total. The molecule has 2 aliphatic heterocycles. The first-order valence-corrected chi connectivity index (χ1v) is 19.5. The summed E-state index contributed by atoms with van der Waals surface area (Å²) in [5.74, 6) is -0.811. The predicted octanol–water partition coefficient (Wildman–Crippen LogP) is 10.7. The molecule has 2 aliphatic rings. The molecule has 7 aromatic carbocycles. The van der Waals surface area contributed by atoms with Crippen LogP contribution in [0.15, 0.2) is 182 Å². The van der Waals surface area contributed by atoms with Gasteiger partial charge in [-0.3, -0.25) is 28.8 Å². The number of ether oxygens (including phenoxy) is 2. The molecular formula is C52H32N2O8. The zero-order chi connectivity index (χ0) is 42.7. The molecule has 4 amide bonds. The van der Waals surface area contributed by atoms with E-state index in [4.69, 9.17) is 9.47 Å². The molecule has 0 aromatic heterocycles. The summed E-state index contributed by atoms with van der Waals surface area (Å²) in [6.07, 6.45) is 6.30. The van der Waals surface area contributed by atoms with Gasteiger partial charge in [0.05, 0.1) is 33.6 Å². The number of fused-ring (bicyclic) bond motifs is 2. The summed E-state index contributed by atoms with van der Waals surface area (Å²) in [5, 5.41) is 0. The maximum Gasteiger partial charge on any atom is 0.266 e. The Balaban J connectivity index is 0.843. The number of benzene rings is 7. The summed E-state index contributed by atoms with van der Waals surface area (Å²) in [4.78, 5) is 81.0. The van der Waals surface area contributed by atoms with Crippen LogP contribution in [-0.2, 0) is 0 Å². The smallest absolute Gasteiger partial charge is 0.266 e. The number of ketones is 2. The third-order valence-electron chi connectivity index (χ3n) is 10.3. The molecule has 0 saturated carbocycles. The number of imide groups is 2. The summed E-state index contributed by atoms with van der Waals surface area (Å²) in [6.45, 7) is 0. The first kappa shape index (κ1) is 38.7. The van der Waals surface area contributed by atoms with Gasteiger partial charge in [0, 0.05) is 17.2 Å². The van der Waals surface area contributed by atoms with Crippen LogP contribution in [0.3, 0.4) is 0 Å². The Morgan fingerprint density at radius 1 is 0.371 bits per heavy atom. The molecule has 62 heavy (non-hydrogen) atoms. The molecule has 0 radical (unpaired) electrons. The molecule has 7 aromatic rings. The van der Waals surface area contributed by atoms with Crippen molar-refractivity contribution in [1.29, 1.82) is 0 Å². The lowest BCUT2D eigenvalue weighted by atomic mass is 10.1. The molecule has 10 nitrogen and oxygen atoms in total. The number of rotatable bonds is 12. The zero-order valence-corrected chi connectivity index (χ0v) is 32.6. The molecule has 0 spiro atoms. The van der Waals surface area contributed by atoms with Crippen molar-refractivity contribution in [3.8, 4) is 23.0 Å². The highest BCUT2D eigenvalue weighted by Gasteiger charge is 2.38. The Morgan fingerprint density at radius 2 is 0.742 bits per heavy atom. The second-order valence-corrected chi connectivity index (χ2v) is 14.3. The third-order valence-corrected chi connectivity index (χ3v) is 10.3. The van der Waals surface area contributed by atoms with E-state index in [1.165, 1.54) is 24.3 Å². The molecule has 9 rings (SSSR count). The van der Waals surface area contributed by atoms with Gasteiger partial charge in [0.2, 0.25) is 0 Å². The van der Waals surface area contributed by atoms with Gasteiger partial charge in [0.1, 0.15) is 23.0 Å². The first-order valence-electron chi connectivity index (χ1n) is 19.5. The average Bonchev–Trinajstić information content (AvgIpc) is 3.70. The highest BCUT2D eigenvalue weighted by molar-refractivity contribution is 6.35. The molecule has 0 saturated heterocycles. The van der Waals surface area contributed by atoms with Crippen molar-refractivity contribution in [2.24, 2.45) is 0 Å². The molecule has 0 unspecified atom stereocenters. The van der Waals surface area contributed by atoms with E-state index in [1.807, 2.05) is 12.1 Å². The molecule has 10 heteroatoms. The number of hydrogen-bond acceptors (Lipinski definition) is 8. The predicted molar refractivity (Wildman–Crippen MR) is 234 cm³/mol. The number of carbonyl (C=O) groups is 6. The molecule has 0 fully saturated rings. The number of anilines is 2. The van der Waals surface area contributed by atoms with Gasteiger partial charge >= 0.3 is 0 Å². The van der Waals surface area contributed by atoms with E-state index in [0.29, 0.717) is 45.5 Å². The van der Waals surface area contributed by atoms with Crippen LogP contribution >= 0.6 is 0 Å². The van der Waals surface area contributed by atoms with Crippen LogP contribution in [0.1, 0.15) is 73.3 Å². The van der Waals surface area contributed by atoms with Gasteiger partial charge in [-0.05, 0) is 96.1 Å². The molecule has 0 atom stereocenters. The Morgan fingerprint density at radius 3 is 1.15 bits per heavy atom. The van der Waals surface area contributed by atoms with Crippen molar-refractivity contribution in [2.45, 2.75) is 0 Å². The summed E-state index contributed by atoms with van der Waals surface area (Å²) >= 11 is 0.